The third kappa shape index (κ3) is 4.28. The third-order valence-corrected chi connectivity index (χ3v) is 6.23. The van der Waals surface area contributed by atoms with Crippen molar-refractivity contribution < 1.29 is 17.6 Å². The summed E-state index contributed by atoms with van der Waals surface area (Å²) in [5, 5.41) is 0. The second-order valence-electron chi connectivity index (χ2n) is 6.40. The molecule has 140 valence electrons. The second kappa shape index (κ2) is 7.97. The van der Waals surface area contributed by atoms with Crippen LogP contribution in [0.4, 0.5) is 4.39 Å². The van der Waals surface area contributed by atoms with E-state index < -0.39 is 10.0 Å². The minimum atomic E-state index is -3.68. The lowest BCUT2D eigenvalue weighted by Crippen LogP contribution is -2.33. The van der Waals surface area contributed by atoms with E-state index in [4.69, 9.17) is 0 Å². The number of rotatable bonds is 6. The fraction of sp³-hybridized carbons (Fsp3) is 0.316. The zero-order valence-electron chi connectivity index (χ0n) is 15.3. The lowest BCUT2D eigenvalue weighted by Gasteiger charge is -2.22. The monoisotopic (exact) mass is 378 g/mol. The average molecular weight is 378 g/mol. The van der Waals surface area contributed by atoms with Crippen molar-refractivity contribution in [1.29, 1.82) is 0 Å². The van der Waals surface area contributed by atoms with Crippen LogP contribution in [0.15, 0.2) is 53.4 Å². The van der Waals surface area contributed by atoms with Gasteiger partial charge >= 0.3 is 0 Å². The molecule has 0 aliphatic carbocycles. The largest absolute Gasteiger partial charge is 0.337 e. The van der Waals surface area contributed by atoms with E-state index in [1.54, 1.807) is 45.2 Å². The van der Waals surface area contributed by atoms with Gasteiger partial charge in [-0.15, -0.1) is 0 Å². The molecule has 2 rings (SSSR count). The average Bonchev–Trinajstić information content (AvgIpc) is 2.62. The Balaban J connectivity index is 2.27. The van der Waals surface area contributed by atoms with Gasteiger partial charge in [-0.1, -0.05) is 24.3 Å². The van der Waals surface area contributed by atoms with Crippen molar-refractivity contribution in [2.75, 3.05) is 14.1 Å². The molecule has 0 unspecified atom stereocenters. The van der Waals surface area contributed by atoms with Crippen molar-refractivity contribution >= 4 is 15.9 Å². The predicted octanol–water partition coefficient (Wildman–Crippen LogP) is 3.13. The first-order chi connectivity index (χ1) is 12.1. The second-order valence-corrected chi connectivity index (χ2v) is 8.39. The van der Waals surface area contributed by atoms with E-state index in [9.17, 15) is 17.6 Å². The summed E-state index contributed by atoms with van der Waals surface area (Å²) in [5.74, 6) is -0.764. The number of halogens is 1. The zero-order chi connectivity index (χ0) is 19.5. The van der Waals surface area contributed by atoms with E-state index in [0.29, 0.717) is 5.56 Å². The highest BCUT2D eigenvalue weighted by Crippen LogP contribution is 2.19. The van der Waals surface area contributed by atoms with Crippen LogP contribution in [0.5, 0.6) is 0 Å². The van der Waals surface area contributed by atoms with E-state index in [1.165, 1.54) is 40.5 Å². The topological polar surface area (TPSA) is 57.7 Å². The molecule has 0 saturated carbocycles. The molecule has 2 aromatic carbocycles. The van der Waals surface area contributed by atoms with Gasteiger partial charge in [0.2, 0.25) is 10.0 Å². The van der Waals surface area contributed by atoms with E-state index in [-0.39, 0.29) is 34.8 Å². The molecule has 0 heterocycles. The van der Waals surface area contributed by atoms with Gasteiger partial charge in [0, 0.05) is 37.8 Å². The maximum Gasteiger partial charge on any atom is 0.253 e. The molecule has 0 N–H and O–H groups in total. The molecule has 0 aliphatic heterocycles. The van der Waals surface area contributed by atoms with Crippen LogP contribution in [0.2, 0.25) is 0 Å². The van der Waals surface area contributed by atoms with Crippen LogP contribution >= 0.6 is 0 Å². The predicted molar refractivity (Wildman–Crippen MR) is 98.7 cm³/mol. The summed E-state index contributed by atoms with van der Waals surface area (Å²) >= 11 is 0. The van der Waals surface area contributed by atoms with Crippen LogP contribution < -0.4 is 0 Å². The van der Waals surface area contributed by atoms with Crippen molar-refractivity contribution in [2.45, 2.75) is 31.3 Å². The fourth-order valence-electron chi connectivity index (χ4n) is 2.41. The lowest BCUT2D eigenvalue weighted by atomic mass is 10.1. The number of benzene rings is 2. The van der Waals surface area contributed by atoms with Crippen LogP contribution in [0.1, 0.15) is 29.8 Å². The van der Waals surface area contributed by atoms with Gasteiger partial charge in [0.25, 0.3) is 5.91 Å². The number of carbonyl (C=O) groups is 1. The van der Waals surface area contributed by atoms with Crippen LogP contribution in [0, 0.1) is 5.82 Å². The molecule has 0 aromatic heterocycles. The maximum atomic E-state index is 13.8. The van der Waals surface area contributed by atoms with E-state index >= 15 is 0 Å². The Morgan fingerprint density at radius 1 is 1.08 bits per heavy atom. The van der Waals surface area contributed by atoms with Crippen LogP contribution in [0.3, 0.4) is 0 Å². The van der Waals surface area contributed by atoms with Crippen molar-refractivity contribution in [1.82, 2.24) is 9.21 Å². The van der Waals surface area contributed by atoms with Crippen LogP contribution in [0.25, 0.3) is 0 Å². The summed E-state index contributed by atoms with van der Waals surface area (Å²) in [6.07, 6.45) is 0. The molecule has 0 spiro atoms. The van der Waals surface area contributed by atoms with E-state index in [2.05, 4.69) is 0 Å². The number of hydrogen-bond acceptors (Lipinski definition) is 3. The number of carbonyl (C=O) groups excluding carboxylic acids is 1. The van der Waals surface area contributed by atoms with Crippen molar-refractivity contribution in [3.63, 3.8) is 0 Å². The molecule has 7 heteroatoms. The zero-order valence-corrected chi connectivity index (χ0v) is 16.1. The minimum Gasteiger partial charge on any atom is -0.337 e. The van der Waals surface area contributed by atoms with Gasteiger partial charge in [0.05, 0.1) is 4.90 Å². The van der Waals surface area contributed by atoms with Gasteiger partial charge in [0.1, 0.15) is 5.82 Å². The van der Waals surface area contributed by atoms with E-state index in [1.807, 2.05) is 0 Å². The summed E-state index contributed by atoms with van der Waals surface area (Å²) in [7, 11) is -0.632. The molecule has 5 nitrogen and oxygen atoms in total. The van der Waals surface area contributed by atoms with Gasteiger partial charge in [-0.2, -0.15) is 4.31 Å². The highest BCUT2D eigenvalue weighted by Gasteiger charge is 2.24. The number of sulfonamides is 1. The SMILES string of the molecule is CC(C)N(C)S(=O)(=O)c1cccc(C(=O)N(C)Cc2ccccc2F)c1. The Kier molecular flexibility index (Phi) is 6.15. The molecule has 0 bridgehead atoms. The molecular weight excluding hydrogens is 355 g/mol. The van der Waals surface area contributed by atoms with Gasteiger partial charge in [-0.3, -0.25) is 4.79 Å². The van der Waals surface area contributed by atoms with E-state index in [0.717, 1.165) is 0 Å². The van der Waals surface area contributed by atoms with Crippen LogP contribution in [-0.4, -0.2) is 43.7 Å². The Hall–Kier alpha value is -2.25. The summed E-state index contributed by atoms with van der Waals surface area (Å²) in [6, 6.07) is 11.9. The highest BCUT2D eigenvalue weighted by atomic mass is 32.2. The quantitative estimate of drug-likeness (QED) is 0.776. The summed E-state index contributed by atoms with van der Waals surface area (Å²) in [6.45, 7) is 3.64. The number of hydrogen-bond donors (Lipinski definition) is 0. The minimum absolute atomic E-state index is 0.0545. The Morgan fingerprint density at radius 2 is 1.73 bits per heavy atom. The van der Waals surface area contributed by atoms with Gasteiger partial charge < -0.3 is 4.90 Å². The number of nitrogens with zero attached hydrogens (tertiary/aromatic N) is 2. The summed E-state index contributed by atoms with van der Waals surface area (Å²) in [4.78, 5) is 14.1. The van der Waals surface area contributed by atoms with Crippen LogP contribution in [-0.2, 0) is 16.6 Å². The van der Waals surface area contributed by atoms with Crippen molar-refractivity contribution in [3.8, 4) is 0 Å². The number of amides is 1. The Labute approximate surface area is 154 Å². The first-order valence-corrected chi connectivity index (χ1v) is 9.65. The molecule has 2 aromatic rings. The molecule has 1 amide bonds. The maximum absolute atomic E-state index is 13.8. The molecule has 0 fully saturated rings. The van der Waals surface area contributed by atoms with Gasteiger partial charge in [-0.05, 0) is 38.1 Å². The molecule has 0 saturated heterocycles. The Bertz CT molecular complexity index is 897. The molecule has 0 atom stereocenters. The normalized spacial score (nSPS) is 11.8. The molecule has 0 aliphatic rings. The van der Waals surface area contributed by atoms with Gasteiger partial charge in [0.15, 0.2) is 0 Å². The first-order valence-electron chi connectivity index (χ1n) is 8.21. The third-order valence-electron chi connectivity index (χ3n) is 4.20. The highest BCUT2D eigenvalue weighted by molar-refractivity contribution is 7.89. The molecule has 0 radical (unpaired) electrons. The first kappa shape index (κ1) is 20.1. The Morgan fingerprint density at radius 3 is 2.35 bits per heavy atom. The molecular formula is C19H23FN2O3S. The lowest BCUT2D eigenvalue weighted by molar-refractivity contribution is 0.0783. The van der Waals surface area contributed by atoms with Crippen molar-refractivity contribution in [2.24, 2.45) is 0 Å². The van der Waals surface area contributed by atoms with Crippen molar-refractivity contribution in [3.05, 3.63) is 65.5 Å². The summed E-state index contributed by atoms with van der Waals surface area (Å²) in [5.41, 5.74) is 0.633. The summed E-state index contributed by atoms with van der Waals surface area (Å²) < 4.78 is 40.2. The molecule has 26 heavy (non-hydrogen) atoms. The fourth-order valence-corrected chi connectivity index (χ4v) is 3.82. The smallest absolute Gasteiger partial charge is 0.253 e. The van der Waals surface area contributed by atoms with Gasteiger partial charge in [-0.25, -0.2) is 12.8 Å². The standard InChI is InChI=1S/C19H23FN2O3S/c1-14(2)22(4)26(24,25)17-10-7-9-15(12-17)19(23)21(3)13-16-8-5-6-11-18(16)20/h5-12,14H,13H2,1-4H3.